The number of hydrogen-bond donors (Lipinski definition) is 2. The van der Waals surface area contributed by atoms with Gasteiger partial charge >= 0.3 is 0 Å². The molecule has 4 rings (SSSR count). The Balaban J connectivity index is 1.38. The number of nitrogens with zero attached hydrogens (tertiary/aromatic N) is 1. The van der Waals surface area contributed by atoms with Crippen LogP contribution in [0.5, 0.6) is 17.2 Å². The van der Waals surface area contributed by atoms with Gasteiger partial charge in [-0.05, 0) is 55.5 Å². The summed E-state index contributed by atoms with van der Waals surface area (Å²) >= 11 is 0. The van der Waals surface area contributed by atoms with Gasteiger partial charge in [0.05, 0.1) is 12.2 Å². The lowest BCUT2D eigenvalue weighted by Gasteiger charge is -2.19. The van der Waals surface area contributed by atoms with E-state index in [1.165, 1.54) is 6.20 Å². The van der Waals surface area contributed by atoms with Crippen molar-refractivity contribution in [1.82, 2.24) is 4.98 Å². The molecule has 0 saturated heterocycles. The Morgan fingerprint density at radius 2 is 1.76 bits per heavy atom. The van der Waals surface area contributed by atoms with Crippen molar-refractivity contribution in [3.8, 4) is 17.2 Å². The fourth-order valence-corrected chi connectivity index (χ4v) is 2.88. The standard InChI is InChI=1S/C22H21N3O4/c1-2-27-18-7-4-16(5-8-18)24-21-10-3-15(14-23-21)22(26)25-17-6-9-19-20(13-17)29-12-11-28-19/h3-10,13-14H,2,11-12H2,1H3,(H,23,24)(H,25,26). The molecular weight excluding hydrogens is 370 g/mol. The molecule has 1 aromatic heterocycles. The fraction of sp³-hybridized carbons (Fsp3) is 0.182. The predicted octanol–water partition coefficient (Wildman–Crippen LogP) is 4.25. The molecule has 1 amide bonds. The van der Waals surface area contributed by atoms with Crippen LogP contribution in [0.3, 0.4) is 0 Å². The minimum Gasteiger partial charge on any atom is -0.494 e. The zero-order chi connectivity index (χ0) is 20.1. The number of hydrogen-bond acceptors (Lipinski definition) is 6. The highest BCUT2D eigenvalue weighted by atomic mass is 16.6. The van der Waals surface area contributed by atoms with E-state index in [-0.39, 0.29) is 5.91 Å². The van der Waals surface area contributed by atoms with E-state index in [0.29, 0.717) is 48.4 Å². The van der Waals surface area contributed by atoms with Crippen LogP contribution in [0.1, 0.15) is 17.3 Å². The van der Waals surface area contributed by atoms with Gasteiger partial charge in [-0.3, -0.25) is 4.79 Å². The third kappa shape index (κ3) is 4.57. The molecule has 2 heterocycles. The lowest BCUT2D eigenvalue weighted by atomic mass is 10.2. The predicted molar refractivity (Wildman–Crippen MR) is 111 cm³/mol. The molecule has 1 aliphatic heterocycles. The smallest absolute Gasteiger partial charge is 0.257 e. The van der Waals surface area contributed by atoms with Crippen molar-refractivity contribution in [3.63, 3.8) is 0 Å². The number of pyridine rings is 1. The highest BCUT2D eigenvalue weighted by Gasteiger charge is 2.13. The maximum Gasteiger partial charge on any atom is 0.257 e. The molecule has 2 N–H and O–H groups in total. The Labute approximate surface area is 168 Å². The summed E-state index contributed by atoms with van der Waals surface area (Å²) in [4.78, 5) is 16.8. The summed E-state index contributed by atoms with van der Waals surface area (Å²) in [6.45, 7) is 3.60. The van der Waals surface area contributed by atoms with E-state index >= 15 is 0 Å². The lowest BCUT2D eigenvalue weighted by Crippen LogP contribution is -2.16. The highest BCUT2D eigenvalue weighted by molar-refractivity contribution is 6.04. The number of ether oxygens (including phenoxy) is 3. The van der Waals surface area contributed by atoms with E-state index in [2.05, 4.69) is 15.6 Å². The van der Waals surface area contributed by atoms with Gasteiger partial charge < -0.3 is 24.8 Å². The van der Waals surface area contributed by atoms with Gasteiger partial charge in [0, 0.05) is 23.6 Å². The topological polar surface area (TPSA) is 81.7 Å². The fourth-order valence-electron chi connectivity index (χ4n) is 2.88. The molecule has 3 aromatic rings. The van der Waals surface area contributed by atoms with Gasteiger partial charge in [-0.2, -0.15) is 0 Å². The molecule has 0 radical (unpaired) electrons. The van der Waals surface area contributed by atoms with Crippen molar-refractivity contribution in [2.24, 2.45) is 0 Å². The second-order valence-electron chi connectivity index (χ2n) is 6.33. The van der Waals surface area contributed by atoms with Crippen molar-refractivity contribution >= 4 is 23.1 Å². The number of fused-ring (bicyclic) bond motifs is 1. The second-order valence-corrected chi connectivity index (χ2v) is 6.33. The summed E-state index contributed by atoms with van der Waals surface area (Å²) in [6, 6.07) is 16.4. The Hall–Kier alpha value is -3.74. The van der Waals surface area contributed by atoms with Gasteiger partial charge in [-0.1, -0.05) is 0 Å². The SMILES string of the molecule is CCOc1ccc(Nc2ccc(C(=O)Nc3ccc4c(c3)OCCO4)cn2)cc1. The van der Waals surface area contributed by atoms with E-state index in [1.54, 1.807) is 30.3 Å². The van der Waals surface area contributed by atoms with Crippen LogP contribution in [-0.4, -0.2) is 30.7 Å². The van der Waals surface area contributed by atoms with Gasteiger partial charge in [-0.25, -0.2) is 4.98 Å². The largest absolute Gasteiger partial charge is 0.494 e. The van der Waals surface area contributed by atoms with Crippen molar-refractivity contribution in [1.29, 1.82) is 0 Å². The van der Waals surface area contributed by atoms with Gasteiger partial charge in [0.1, 0.15) is 24.8 Å². The Morgan fingerprint density at radius 3 is 2.48 bits per heavy atom. The quantitative estimate of drug-likeness (QED) is 0.654. The molecule has 29 heavy (non-hydrogen) atoms. The average Bonchev–Trinajstić information content (AvgIpc) is 2.76. The lowest BCUT2D eigenvalue weighted by molar-refractivity contribution is 0.102. The molecule has 0 unspecified atom stereocenters. The Kier molecular flexibility index (Phi) is 5.47. The molecule has 0 bridgehead atoms. The molecule has 7 heteroatoms. The normalized spacial score (nSPS) is 12.2. The Morgan fingerprint density at radius 1 is 1.00 bits per heavy atom. The third-order valence-corrected chi connectivity index (χ3v) is 4.26. The number of nitrogens with one attached hydrogen (secondary N) is 2. The van der Waals surface area contributed by atoms with Crippen molar-refractivity contribution in [2.75, 3.05) is 30.5 Å². The maximum absolute atomic E-state index is 12.5. The second kappa shape index (κ2) is 8.52. The monoisotopic (exact) mass is 391 g/mol. The first kappa shape index (κ1) is 18.6. The molecule has 2 aromatic carbocycles. The van der Waals surface area contributed by atoms with E-state index in [1.807, 2.05) is 31.2 Å². The molecule has 1 aliphatic rings. The van der Waals surface area contributed by atoms with E-state index in [4.69, 9.17) is 14.2 Å². The van der Waals surface area contributed by atoms with Crippen LogP contribution in [0.2, 0.25) is 0 Å². The Bertz CT molecular complexity index is 988. The van der Waals surface area contributed by atoms with E-state index in [9.17, 15) is 4.79 Å². The van der Waals surface area contributed by atoms with Crippen LogP contribution in [0.15, 0.2) is 60.8 Å². The van der Waals surface area contributed by atoms with Gasteiger partial charge in [0.15, 0.2) is 11.5 Å². The van der Waals surface area contributed by atoms with Crippen LogP contribution in [0.25, 0.3) is 0 Å². The molecule has 0 spiro atoms. The minimum absolute atomic E-state index is 0.248. The summed E-state index contributed by atoms with van der Waals surface area (Å²) in [5.74, 6) is 2.52. The third-order valence-electron chi connectivity index (χ3n) is 4.26. The van der Waals surface area contributed by atoms with Crippen LogP contribution >= 0.6 is 0 Å². The first-order valence-electron chi connectivity index (χ1n) is 9.38. The summed E-state index contributed by atoms with van der Waals surface area (Å²) in [5, 5.41) is 6.04. The number of amides is 1. The summed E-state index contributed by atoms with van der Waals surface area (Å²) in [5.41, 5.74) is 1.97. The molecule has 148 valence electrons. The molecular formula is C22H21N3O4. The molecule has 0 aliphatic carbocycles. The van der Waals surface area contributed by atoms with Crippen LogP contribution < -0.4 is 24.8 Å². The zero-order valence-electron chi connectivity index (χ0n) is 16.0. The average molecular weight is 391 g/mol. The molecule has 0 atom stereocenters. The molecule has 0 fully saturated rings. The van der Waals surface area contributed by atoms with Crippen molar-refractivity contribution in [2.45, 2.75) is 6.92 Å². The number of carbonyl (C=O) groups is 1. The van der Waals surface area contributed by atoms with Crippen molar-refractivity contribution < 1.29 is 19.0 Å². The molecule has 0 saturated carbocycles. The van der Waals surface area contributed by atoms with Crippen molar-refractivity contribution in [3.05, 3.63) is 66.4 Å². The number of benzene rings is 2. The first-order chi connectivity index (χ1) is 14.2. The summed E-state index contributed by atoms with van der Waals surface area (Å²) in [6.07, 6.45) is 1.53. The van der Waals surface area contributed by atoms with Gasteiger partial charge in [0.2, 0.25) is 0 Å². The van der Waals surface area contributed by atoms with Crippen LogP contribution in [-0.2, 0) is 0 Å². The highest BCUT2D eigenvalue weighted by Crippen LogP contribution is 2.32. The number of carbonyl (C=O) groups excluding carboxylic acids is 1. The van der Waals surface area contributed by atoms with E-state index < -0.39 is 0 Å². The first-order valence-corrected chi connectivity index (χ1v) is 9.38. The maximum atomic E-state index is 12.5. The van der Waals surface area contributed by atoms with Crippen LogP contribution in [0, 0.1) is 0 Å². The van der Waals surface area contributed by atoms with Gasteiger partial charge in [0.25, 0.3) is 5.91 Å². The summed E-state index contributed by atoms with van der Waals surface area (Å²) in [7, 11) is 0. The number of aromatic nitrogens is 1. The molecule has 7 nitrogen and oxygen atoms in total. The zero-order valence-corrected chi connectivity index (χ0v) is 16.0. The van der Waals surface area contributed by atoms with E-state index in [0.717, 1.165) is 11.4 Å². The summed E-state index contributed by atoms with van der Waals surface area (Å²) < 4.78 is 16.5. The minimum atomic E-state index is -0.248. The van der Waals surface area contributed by atoms with Gasteiger partial charge in [-0.15, -0.1) is 0 Å². The number of rotatable bonds is 6. The van der Waals surface area contributed by atoms with Crippen LogP contribution in [0.4, 0.5) is 17.2 Å². The number of anilines is 3.